The van der Waals surface area contributed by atoms with Gasteiger partial charge in [0.2, 0.25) is 0 Å². The zero-order valence-corrected chi connectivity index (χ0v) is 10.2. The highest BCUT2D eigenvalue weighted by Crippen LogP contribution is 2.24. The van der Waals surface area contributed by atoms with Crippen LogP contribution in [0.5, 0.6) is 0 Å². The van der Waals surface area contributed by atoms with Gasteiger partial charge in [0.15, 0.2) is 0 Å². The van der Waals surface area contributed by atoms with Crippen molar-refractivity contribution in [2.75, 3.05) is 0 Å². The van der Waals surface area contributed by atoms with Crippen molar-refractivity contribution < 1.29 is 5.11 Å². The van der Waals surface area contributed by atoms with E-state index in [2.05, 4.69) is 17.0 Å². The van der Waals surface area contributed by atoms with Gasteiger partial charge in [0.05, 0.1) is 6.20 Å². The molecule has 0 radical (unpaired) electrons. The van der Waals surface area contributed by atoms with Gasteiger partial charge in [-0.2, -0.15) is 5.10 Å². The van der Waals surface area contributed by atoms with E-state index in [9.17, 15) is 5.11 Å². The molecule has 0 spiro atoms. The van der Waals surface area contributed by atoms with E-state index >= 15 is 0 Å². The van der Waals surface area contributed by atoms with E-state index in [0.29, 0.717) is 0 Å². The van der Waals surface area contributed by atoms with Crippen molar-refractivity contribution in [1.82, 2.24) is 14.8 Å². The van der Waals surface area contributed by atoms with E-state index in [1.54, 1.807) is 12.4 Å². The fourth-order valence-corrected chi connectivity index (χ4v) is 1.87. The summed E-state index contributed by atoms with van der Waals surface area (Å²) < 4.78 is 1.81. The summed E-state index contributed by atoms with van der Waals surface area (Å²) in [5.74, 6) is 0. The first-order chi connectivity index (χ1) is 8.26. The maximum absolute atomic E-state index is 10.3. The Balaban J connectivity index is 2.32. The molecule has 2 rings (SSSR count). The molecule has 0 aliphatic carbocycles. The number of nitrogens with zero attached hydrogens (tertiary/aromatic N) is 3. The van der Waals surface area contributed by atoms with Crippen LogP contribution < -0.4 is 0 Å². The van der Waals surface area contributed by atoms with Crippen molar-refractivity contribution >= 4 is 0 Å². The summed E-state index contributed by atoms with van der Waals surface area (Å²) in [7, 11) is 0. The molecule has 2 aromatic heterocycles. The molecule has 0 aliphatic rings. The highest BCUT2D eigenvalue weighted by atomic mass is 16.3. The SMILES string of the molecule is CCc1cnccc1C(O)c1cnn(CC)c1. The molecule has 0 saturated heterocycles. The van der Waals surface area contributed by atoms with E-state index in [1.807, 2.05) is 30.1 Å². The number of rotatable bonds is 4. The maximum Gasteiger partial charge on any atom is 0.107 e. The summed E-state index contributed by atoms with van der Waals surface area (Å²) in [6.45, 7) is 4.89. The van der Waals surface area contributed by atoms with Gasteiger partial charge in [0.25, 0.3) is 0 Å². The predicted molar refractivity (Wildman–Crippen MR) is 65.6 cm³/mol. The summed E-state index contributed by atoms with van der Waals surface area (Å²) in [4.78, 5) is 4.08. The lowest BCUT2D eigenvalue weighted by Gasteiger charge is -2.12. The zero-order valence-electron chi connectivity index (χ0n) is 10.2. The molecule has 2 heterocycles. The summed E-state index contributed by atoms with van der Waals surface area (Å²) in [6, 6.07) is 1.87. The van der Waals surface area contributed by atoms with Crippen molar-refractivity contribution in [3.63, 3.8) is 0 Å². The van der Waals surface area contributed by atoms with Gasteiger partial charge in [-0.1, -0.05) is 6.92 Å². The van der Waals surface area contributed by atoms with Crippen LogP contribution in [0.25, 0.3) is 0 Å². The highest BCUT2D eigenvalue weighted by molar-refractivity contribution is 5.32. The smallest absolute Gasteiger partial charge is 0.107 e. The minimum Gasteiger partial charge on any atom is -0.384 e. The standard InChI is InChI=1S/C13H17N3O/c1-3-10-7-14-6-5-12(10)13(17)11-8-15-16(4-2)9-11/h5-9,13,17H,3-4H2,1-2H3. The van der Waals surface area contributed by atoms with Crippen molar-refractivity contribution in [3.05, 3.63) is 47.5 Å². The monoisotopic (exact) mass is 231 g/mol. The van der Waals surface area contributed by atoms with Crippen LogP contribution in [0.15, 0.2) is 30.9 Å². The molecular weight excluding hydrogens is 214 g/mol. The second kappa shape index (κ2) is 5.10. The number of aliphatic hydroxyl groups excluding tert-OH is 1. The van der Waals surface area contributed by atoms with Crippen molar-refractivity contribution in [2.24, 2.45) is 0 Å². The van der Waals surface area contributed by atoms with Gasteiger partial charge in [-0.25, -0.2) is 0 Å². The van der Waals surface area contributed by atoms with Gasteiger partial charge in [0, 0.05) is 30.7 Å². The molecule has 17 heavy (non-hydrogen) atoms. The van der Waals surface area contributed by atoms with E-state index in [-0.39, 0.29) is 0 Å². The molecule has 0 aliphatic heterocycles. The number of aliphatic hydroxyl groups is 1. The summed E-state index contributed by atoms with van der Waals surface area (Å²) >= 11 is 0. The molecule has 90 valence electrons. The first-order valence-corrected chi connectivity index (χ1v) is 5.89. The van der Waals surface area contributed by atoms with Crippen molar-refractivity contribution in [3.8, 4) is 0 Å². The summed E-state index contributed by atoms with van der Waals surface area (Å²) in [6.07, 6.45) is 7.36. The van der Waals surface area contributed by atoms with E-state index in [4.69, 9.17) is 0 Å². The molecule has 0 aromatic carbocycles. The van der Waals surface area contributed by atoms with Gasteiger partial charge >= 0.3 is 0 Å². The second-order valence-electron chi connectivity index (χ2n) is 3.96. The van der Waals surface area contributed by atoms with Crippen molar-refractivity contribution in [2.45, 2.75) is 32.9 Å². The van der Waals surface area contributed by atoms with E-state index < -0.39 is 6.10 Å². The Labute approximate surface area is 101 Å². The summed E-state index contributed by atoms with van der Waals surface area (Å²) in [5, 5.41) is 14.5. The average molecular weight is 231 g/mol. The normalized spacial score (nSPS) is 12.6. The van der Waals surface area contributed by atoms with Crippen LogP contribution in [0, 0.1) is 0 Å². The number of aryl methyl sites for hydroxylation is 2. The third-order valence-electron chi connectivity index (χ3n) is 2.91. The van der Waals surface area contributed by atoms with Gasteiger partial charge in [-0.15, -0.1) is 0 Å². The quantitative estimate of drug-likeness (QED) is 0.875. The van der Waals surface area contributed by atoms with Gasteiger partial charge in [0.1, 0.15) is 6.10 Å². The first-order valence-electron chi connectivity index (χ1n) is 5.89. The van der Waals surface area contributed by atoms with Gasteiger partial charge in [-0.3, -0.25) is 9.67 Å². The van der Waals surface area contributed by atoms with Crippen molar-refractivity contribution in [1.29, 1.82) is 0 Å². The topological polar surface area (TPSA) is 50.9 Å². The number of aromatic nitrogens is 3. The minimum absolute atomic E-state index is 0.617. The summed E-state index contributed by atoms with van der Waals surface area (Å²) in [5.41, 5.74) is 2.81. The van der Waals surface area contributed by atoms with Crippen LogP contribution in [0.1, 0.15) is 36.6 Å². The highest BCUT2D eigenvalue weighted by Gasteiger charge is 2.15. The maximum atomic E-state index is 10.3. The molecule has 0 bridgehead atoms. The molecule has 4 heteroatoms. The third kappa shape index (κ3) is 2.36. The van der Waals surface area contributed by atoms with E-state index in [0.717, 1.165) is 29.7 Å². The lowest BCUT2D eigenvalue weighted by atomic mass is 9.99. The molecule has 1 N–H and O–H groups in total. The van der Waals surface area contributed by atoms with Crippen LogP contribution in [0.2, 0.25) is 0 Å². The fraction of sp³-hybridized carbons (Fsp3) is 0.385. The molecule has 0 amide bonds. The number of hydrogen-bond acceptors (Lipinski definition) is 3. The van der Waals surface area contributed by atoms with Gasteiger partial charge < -0.3 is 5.11 Å². The molecule has 4 nitrogen and oxygen atoms in total. The molecule has 1 unspecified atom stereocenters. The van der Waals surface area contributed by atoms with Crippen LogP contribution in [0.3, 0.4) is 0 Å². The molecule has 0 fully saturated rings. The third-order valence-corrected chi connectivity index (χ3v) is 2.91. The van der Waals surface area contributed by atoms with Crippen LogP contribution in [-0.4, -0.2) is 19.9 Å². The number of hydrogen-bond donors (Lipinski definition) is 1. The number of pyridine rings is 1. The second-order valence-corrected chi connectivity index (χ2v) is 3.96. The minimum atomic E-state index is -0.617. The van der Waals surface area contributed by atoms with Gasteiger partial charge in [-0.05, 0) is 30.5 Å². The molecule has 1 atom stereocenters. The largest absolute Gasteiger partial charge is 0.384 e. The van der Waals surface area contributed by atoms with E-state index in [1.165, 1.54) is 0 Å². The Kier molecular flexibility index (Phi) is 3.54. The first kappa shape index (κ1) is 11.8. The zero-order chi connectivity index (χ0) is 12.3. The Hall–Kier alpha value is -1.68. The Morgan fingerprint density at radius 3 is 2.82 bits per heavy atom. The Bertz CT molecular complexity index is 493. The Morgan fingerprint density at radius 1 is 1.35 bits per heavy atom. The fourth-order valence-electron chi connectivity index (χ4n) is 1.87. The van der Waals surface area contributed by atoms with Crippen LogP contribution >= 0.6 is 0 Å². The lowest BCUT2D eigenvalue weighted by molar-refractivity contribution is 0.219. The van der Waals surface area contributed by atoms with Crippen LogP contribution in [-0.2, 0) is 13.0 Å². The molecular formula is C13H17N3O. The average Bonchev–Trinajstić information content (AvgIpc) is 2.86. The predicted octanol–water partition coefficient (Wildman–Crippen LogP) is 1.94. The lowest BCUT2D eigenvalue weighted by Crippen LogP contribution is -2.03. The molecule has 2 aromatic rings. The van der Waals surface area contributed by atoms with Crippen LogP contribution in [0.4, 0.5) is 0 Å². The Morgan fingerprint density at radius 2 is 2.18 bits per heavy atom. The molecule has 0 saturated carbocycles.